The van der Waals surface area contributed by atoms with Crippen molar-refractivity contribution in [1.82, 2.24) is 19.5 Å². The van der Waals surface area contributed by atoms with E-state index in [2.05, 4.69) is 30.9 Å². The zero-order valence-corrected chi connectivity index (χ0v) is 21.8. The molecule has 0 aliphatic heterocycles. The number of nitrogen functional groups attached to an aromatic ring is 1. The van der Waals surface area contributed by atoms with Crippen molar-refractivity contribution in [2.24, 2.45) is 5.92 Å². The highest BCUT2D eigenvalue weighted by Crippen LogP contribution is 2.40. The van der Waals surface area contributed by atoms with Crippen LogP contribution in [0.2, 0.25) is 0 Å². The summed E-state index contributed by atoms with van der Waals surface area (Å²) >= 11 is 3.47. The lowest BCUT2D eigenvalue weighted by atomic mass is 9.86. The van der Waals surface area contributed by atoms with Gasteiger partial charge in [0.05, 0.1) is 19.5 Å². The lowest BCUT2D eigenvalue weighted by Crippen LogP contribution is -2.22. The minimum absolute atomic E-state index is 0.0330. The van der Waals surface area contributed by atoms with Crippen LogP contribution in [0.3, 0.4) is 0 Å². The van der Waals surface area contributed by atoms with Gasteiger partial charge in [0.15, 0.2) is 25.3 Å². The molecule has 188 valence electrons. The number of aromatic nitrogens is 4. The predicted octanol–water partition coefficient (Wildman–Crippen LogP) is 4.13. The Morgan fingerprint density at radius 2 is 2.09 bits per heavy atom. The molecule has 2 aromatic heterocycles. The molecule has 35 heavy (non-hydrogen) atoms. The average Bonchev–Trinajstić information content (AvgIpc) is 3.26. The van der Waals surface area contributed by atoms with Crippen LogP contribution in [-0.2, 0) is 31.7 Å². The number of carbonyl (C=O) groups excluding carboxylic acids is 1. The zero-order chi connectivity index (χ0) is 24.6. The summed E-state index contributed by atoms with van der Waals surface area (Å²) in [5.41, 5.74) is 6.89. The van der Waals surface area contributed by atoms with Gasteiger partial charge in [0.1, 0.15) is 13.0 Å². The maximum Gasteiger partial charge on any atom is 0.280 e. The van der Waals surface area contributed by atoms with Crippen molar-refractivity contribution in [2.75, 3.05) is 25.3 Å². The van der Waals surface area contributed by atoms with E-state index in [-0.39, 0.29) is 41.7 Å². The van der Waals surface area contributed by atoms with Gasteiger partial charge in [-0.3, -0.25) is 14.6 Å². The van der Waals surface area contributed by atoms with Crippen LogP contribution in [0.4, 0.5) is 5.95 Å². The van der Waals surface area contributed by atoms with Crippen LogP contribution < -0.4 is 11.3 Å². The molecule has 1 saturated carbocycles. The van der Waals surface area contributed by atoms with Gasteiger partial charge in [0, 0.05) is 16.9 Å². The van der Waals surface area contributed by atoms with Gasteiger partial charge in [-0.2, -0.15) is 4.98 Å². The van der Waals surface area contributed by atoms with E-state index in [1.807, 2.05) is 24.3 Å². The van der Waals surface area contributed by atoms with Crippen molar-refractivity contribution in [3.05, 3.63) is 51.0 Å². The van der Waals surface area contributed by atoms with Crippen molar-refractivity contribution in [2.45, 2.75) is 45.3 Å². The topological polar surface area (TPSA) is 134 Å². The highest BCUT2D eigenvalue weighted by Gasteiger charge is 2.23. The summed E-state index contributed by atoms with van der Waals surface area (Å²) in [6.07, 6.45) is 7.02. The lowest BCUT2D eigenvalue weighted by molar-refractivity contribution is -0.125. The third-order valence-electron chi connectivity index (χ3n) is 5.84. The van der Waals surface area contributed by atoms with Gasteiger partial charge in [-0.1, -0.05) is 47.3 Å². The first kappa shape index (κ1) is 25.9. The number of benzene rings is 1. The Hall–Kier alpha value is -2.17. The molecule has 4 rings (SSSR count). The monoisotopic (exact) mass is 565 g/mol. The number of nitrogens with one attached hydrogen (secondary N) is 1. The number of H-pyrrole nitrogens is 1. The number of fused-ring (bicyclic) bond motifs is 1. The number of rotatable bonds is 12. The van der Waals surface area contributed by atoms with Gasteiger partial charge >= 0.3 is 0 Å². The van der Waals surface area contributed by atoms with E-state index in [4.69, 9.17) is 19.5 Å². The molecular formula is C23H29BrN5O5P. The number of Topliss-reactive ketones (excluding diaryl/α,β-unsaturated/α-hetero) is 1. The van der Waals surface area contributed by atoms with Crippen LogP contribution in [0, 0.1) is 5.92 Å². The number of hydrogen-bond donors (Lipinski definition) is 2. The van der Waals surface area contributed by atoms with E-state index in [0.717, 1.165) is 35.7 Å². The number of anilines is 1. The zero-order valence-electron chi connectivity index (χ0n) is 19.3. The number of ether oxygens (including phenoxy) is 1. The minimum atomic E-state index is -1.44. The Labute approximate surface area is 212 Å². The largest absolute Gasteiger partial charge is 0.370 e. The summed E-state index contributed by atoms with van der Waals surface area (Å²) in [6, 6.07) is 7.84. The summed E-state index contributed by atoms with van der Waals surface area (Å²) in [7, 11) is -1.44. The summed E-state index contributed by atoms with van der Waals surface area (Å²) in [4.78, 5) is 35.2. The Balaban J connectivity index is 1.31. The van der Waals surface area contributed by atoms with Crippen LogP contribution in [0.25, 0.3) is 11.2 Å². The highest BCUT2D eigenvalue weighted by atomic mass is 79.9. The molecule has 1 atom stereocenters. The number of halogens is 1. The van der Waals surface area contributed by atoms with Gasteiger partial charge in [-0.05, 0) is 30.5 Å². The van der Waals surface area contributed by atoms with Gasteiger partial charge in [-0.25, -0.2) is 4.98 Å². The summed E-state index contributed by atoms with van der Waals surface area (Å²) in [6.45, 7) is 1.13. The molecule has 1 unspecified atom stereocenters. The van der Waals surface area contributed by atoms with E-state index in [0.29, 0.717) is 25.4 Å². The van der Waals surface area contributed by atoms with Crippen LogP contribution in [0.5, 0.6) is 0 Å². The van der Waals surface area contributed by atoms with Gasteiger partial charge in [0.2, 0.25) is 5.95 Å². The molecule has 1 fully saturated rings. The second kappa shape index (κ2) is 12.7. The summed E-state index contributed by atoms with van der Waals surface area (Å²) in [5, 5.41) is 0. The van der Waals surface area contributed by atoms with Gasteiger partial charge < -0.3 is 24.1 Å². The summed E-state index contributed by atoms with van der Waals surface area (Å²) in [5.74, 6) is 0.261. The molecule has 2 heterocycles. The van der Waals surface area contributed by atoms with Crippen molar-refractivity contribution < 1.29 is 18.6 Å². The van der Waals surface area contributed by atoms with Crippen LogP contribution in [0.15, 0.2) is 39.9 Å². The molecule has 12 heteroatoms. The van der Waals surface area contributed by atoms with Crippen molar-refractivity contribution in [3.63, 3.8) is 0 Å². The maximum atomic E-state index is 12.6. The van der Waals surface area contributed by atoms with Gasteiger partial charge in [0.25, 0.3) is 5.56 Å². The molecule has 3 N–H and O–H groups in total. The summed E-state index contributed by atoms with van der Waals surface area (Å²) < 4.78 is 20.4. The molecule has 10 nitrogen and oxygen atoms in total. The predicted molar refractivity (Wildman–Crippen MR) is 137 cm³/mol. The van der Waals surface area contributed by atoms with E-state index < -0.39 is 8.38 Å². The van der Waals surface area contributed by atoms with Gasteiger partial charge in [-0.15, -0.1) is 0 Å². The number of carbonyl (C=O) groups is 1. The number of hydrogen-bond acceptors (Lipinski definition) is 8. The Kier molecular flexibility index (Phi) is 9.39. The van der Waals surface area contributed by atoms with E-state index in [1.165, 1.54) is 12.7 Å². The molecule has 1 aromatic carbocycles. The number of imidazole rings is 1. The number of aromatic amines is 1. The van der Waals surface area contributed by atoms with Crippen LogP contribution in [-0.4, -0.2) is 44.9 Å². The highest BCUT2D eigenvalue weighted by molar-refractivity contribution is 9.10. The molecule has 0 amide bonds. The first-order valence-electron chi connectivity index (χ1n) is 11.6. The second-order valence-electron chi connectivity index (χ2n) is 8.41. The molecule has 0 saturated heterocycles. The Morgan fingerprint density at radius 3 is 2.89 bits per heavy atom. The van der Waals surface area contributed by atoms with Crippen molar-refractivity contribution in [1.29, 1.82) is 0 Å². The fourth-order valence-corrected chi connectivity index (χ4v) is 5.51. The molecule has 1 aliphatic rings. The fraction of sp³-hybridized carbons (Fsp3) is 0.478. The number of ketones is 1. The SMILES string of the molecule is Nc1nc2c(ncn2CCOCP(OCC(=O)C2CCCCC2)OCc2cccc(Br)c2)c(=O)[nH]1. The number of nitrogens with two attached hydrogens (primary N) is 1. The number of nitrogens with zero attached hydrogens (tertiary/aromatic N) is 3. The second-order valence-corrected chi connectivity index (χ2v) is 10.8. The molecule has 1 aliphatic carbocycles. The smallest absolute Gasteiger partial charge is 0.280 e. The molecule has 0 bridgehead atoms. The Bertz CT molecular complexity index is 1200. The third kappa shape index (κ3) is 7.41. The van der Waals surface area contributed by atoms with Crippen molar-refractivity contribution >= 4 is 47.2 Å². The average molecular weight is 566 g/mol. The van der Waals surface area contributed by atoms with E-state index >= 15 is 0 Å². The molecule has 0 radical (unpaired) electrons. The van der Waals surface area contributed by atoms with Crippen LogP contribution in [0.1, 0.15) is 37.7 Å². The normalized spacial score (nSPS) is 15.5. The van der Waals surface area contributed by atoms with E-state index in [9.17, 15) is 9.59 Å². The minimum Gasteiger partial charge on any atom is -0.370 e. The van der Waals surface area contributed by atoms with E-state index in [1.54, 1.807) is 4.57 Å². The lowest BCUT2D eigenvalue weighted by Gasteiger charge is -2.22. The molecule has 0 spiro atoms. The quantitative estimate of drug-likeness (QED) is 0.247. The first-order chi connectivity index (χ1) is 17.0. The first-order valence-corrected chi connectivity index (χ1v) is 13.7. The molecular weight excluding hydrogens is 537 g/mol. The Morgan fingerprint density at radius 1 is 1.26 bits per heavy atom. The molecule has 3 aromatic rings. The van der Waals surface area contributed by atoms with Crippen molar-refractivity contribution in [3.8, 4) is 0 Å². The maximum absolute atomic E-state index is 12.6. The standard InChI is InChI=1S/C23H29BrN5O5P/c24-18-8-4-5-16(11-18)12-33-35(34-13-19(30)17-6-2-1-3-7-17)15-32-10-9-29-14-26-20-21(29)27-23(25)28-22(20)31/h4-5,8,11,14,17H,1-3,6-7,9-10,12-13,15H2,(H3,25,27,28,31). The third-order valence-corrected chi connectivity index (χ3v) is 7.56. The van der Waals surface area contributed by atoms with Crippen LogP contribution >= 0.6 is 24.3 Å². The fourth-order valence-electron chi connectivity index (χ4n) is 4.00.